The van der Waals surface area contributed by atoms with E-state index in [9.17, 15) is 9.90 Å². The van der Waals surface area contributed by atoms with Crippen LogP contribution in [0.4, 0.5) is 0 Å². The molecule has 22 heavy (non-hydrogen) atoms. The van der Waals surface area contributed by atoms with Crippen molar-refractivity contribution in [3.8, 4) is 22.6 Å². The molecule has 0 aromatic heterocycles. The Labute approximate surface area is 131 Å². The van der Waals surface area contributed by atoms with Gasteiger partial charge in [0, 0.05) is 5.56 Å². The van der Waals surface area contributed by atoms with Crippen LogP contribution in [0.15, 0.2) is 30.3 Å². The molecule has 116 valence electrons. The number of phenolic OH excluding ortho intramolecular Hbond substituents is 1. The molecule has 0 unspecified atom stereocenters. The van der Waals surface area contributed by atoms with E-state index in [2.05, 4.69) is 32.9 Å². The molecule has 0 bridgehead atoms. The molecule has 2 rings (SSSR count). The van der Waals surface area contributed by atoms with Gasteiger partial charge in [-0.2, -0.15) is 0 Å². The number of carbonyl (C=O) groups excluding carboxylic acids is 1. The third-order valence-corrected chi connectivity index (χ3v) is 3.76. The Kier molecular flexibility index (Phi) is 4.86. The van der Waals surface area contributed by atoms with Crippen LogP contribution in [0.5, 0.6) is 11.5 Å². The number of hydrogen-bond acceptors (Lipinski definition) is 3. The molecule has 0 spiro atoms. The van der Waals surface area contributed by atoms with Crippen LogP contribution < -0.4 is 4.74 Å². The van der Waals surface area contributed by atoms with Gasteiger partial charge in [0.2, 0.25) is 0 Å². The Bertz CT molecular complexity index is 687. The number of methoxy groups -OCH3 is 1. The summed E-state index contributed by atoms with van der Waals surface area (Å²) in [7, 11) is 1.47. The number of benzene rings is 2. The normalized spacial score (nSPS) is 10.8. The molecule has 2 aromatic carbocycles. The summed E-state index contributed by atoms with van der Waals surface area (Å²) in [6.45, 7) is 6.46. The second kappa shape index (κ2) is 6.65. The summed E-state index contributed by atoms with van der Waals surface area (Å²) < 4.78 is 5.06. The van der Waals surface area contributed by atoms with E-state index in [-0.39, 0.29) is 5.75 Å². The van der Waals surface area contributed by atoms with E-state index in [1.54, 1.807) is 12.1 Å². The quantitative estimate of drug-likeness (QED) is 0.833. The second-order valence-electron chi connectivity index (χ2n) is 5.97. The van der Waals surface area contributed by atoms with Crippen molar-refractivity contribution < 1.29 is 14.6 Å². The molecule has 0 aliphatic rings. The highest BCUT2D eigenvalue weighted by atomic mass is 16.5. The van der Waals surface area contributed by atoms with Gasteiger partial charge >= 0.3 is 0 Å². The molecule has 0 amide bonds. The number of phenols is 1. The third-order valence-electron chi connectivity index (χ3n) is 3.76. The van der Waals surface area contributed by atoms with Crippen molar-refractivity contribution in [2.45, 2.75) is 27.2 Å². The van der Waals surface area contributed by atoms with E-state index in [1.807, 2.05) is 6.07 Å². The van der Waals surface area contributed by atoms with Crippen molar-refractivity contribution in [1.29, 1.82) is 0 Å². The van der Waals surface area contributed by atoms with E-state index in [0.717, 1.165) is 18.3 Å². The zero-order valence-electron chi connectivity index (χ0n) is 13.5. The number of carbonyl (C=O) groups is 1. The Balaban J connectivity index is 2.50. The fourth-order valence-electron chi connectivity index (χ4n) is 2.63. The standard InChI is InChI=1S/C19H22O3/c1-12(2)7-14-5-6-15(8-13(14)3)17-10-18(21)19(22-4)9-16(17)11-20/h5-6,8-12,21H,7H2,1-4H3. The molecular formula is C19H22O3. The van der Waals surface area contributed by atoms with Gasteiger partial charge in [0.1, 0.15) is 0 Å². The van der Waals surface area contributed by atoms with Gasteiger partial charge in [-0.25, -0.2) is 0 Å². The monoisotopic (exact) mass is 298 g/mol. The number of hydrogen-bond donors (Lipinski definition) is 1. The lowest BCUT2D eigenvalue weighted by Gasteiger charge is -2.13. The molecule has 0 atom stereocenters. The number of aromatic hydroxyl groups is 1. The van der Waals surface area contributed by atoms with Crippen LogP contribution in [0, 0.1) is 12.8 Å². The first kappa shape index (κ1) is 16.1. The Morgan fingerprint density at radius 2 is 1.95 bits per heavy atom. The molecule has 0 aliphatic carbocycles. The molecule has 1 N–H and O–H groups in total. The smallest absolute Gasteiger partial charge is 0.161 e. The summed E-state index contributed by atoms with van der Waals surface area (Å²) in [6.07, 6.45) is 1.81. The molecule has 0 fully saturated rings. The minimum Gasteiger partial charge on any atom is -0.504 e. The predicted octanol–water partition coefficient (Wildman–Crippen LogP) is 4.39. The average molecular weight is 298 g/mol. The van der Waals surface area contributed by atoms with Gasteiger partial charge < -0.3 is 9.84 Å². The maximum atomic E-state index is 11.3. The van der Waals surface area contributed by atoms with Gasteiger partial charge in [-0.15, -0.1) is 0 Å². The van der Waals surface area contributed by atoms with Gasteiger partial charge in [0.25, 0.3) is 0 Å². The highest BCUT2D eigenvalue weighted by Crippen LogP contribution is 2.35. The van der Waals surface area contributed by atoms with E-state index >= 15 is 0 Å². The van der Waals surface area contributed by atoms with Crippen LogP contribution in [0.3, 0.4) is 0 Å². The molecule has 0 radical (unpaired) electrons. The number of rotatable bonds is 5. The maximum Gasteiger partial charge on any atom is 0.161 e. The fraction of sp³-hybridized carbons (Fsp3) is 0.316. The minimum atomic E-state index is 0.0343. The van der Waals surface area contributed by atoms with Crippen LogP contribution in [0.1, 0.15) is 35.3 Å². The van der Waals surface area contributed by atoms with Crippen LogP contribution in [0.2, 0.25) is 0 Å². The van der Waals surface area contributed by atoms with E-state index in [0.29, 0.717) is 22.8 Å². The third kappa shape index (κ3) is 3.30. The average Bonchev–Trinajstić information content (AvgIpc) is 2.48. The Morgan fingerprint density at radius 3 is 2.50 bits per heavy atom. The van der Waals surface area contributed by atoms with E-state index < -0.39 is 0 Å². The summed E-state index contributed by atoms with van der Waals surface area (Å²) in [5.41, 5.74) is 4.64. The van der Waals surface area contributed by atoms with Crippen molar-refractivity contribution in [2.24, 2.45) is 5.92 Å². The first-order valence-corrected chi connectivity index (χ1v) is 7.42. The van der Waals surface area contributed by atoms with Gasteiger partial charge in [-0.3, -0.25) is 4.79 Å². The predicted molar refractivity (Wildman–Crippen MR) is 88.8 cm³/mol. The lowest BCUT2D eigenvalue weighted by molar-refractivity contribution is 0.112. The first-order chi connectivity index (χ1) is 10.5. The largest absolute Gasteiger partial charge is 0.504 e. The topological polar surface area (TPSA) is 46.5 Å². The molecule has 0 saturated carbocycles. The summed E-state index contributed by atoms with van der Waals surface area (Å²) in [4.78, 5) is 11.3. The van der Waals surface area contributed by atoms with E-state index in [1.165, 1.54) is 18.2 Å². The maximum absolute atomic E-state index is 11.3. The van der Waals surface area contributed by atoms with Gasteiger partial charge in [-0.1, -0.05) is 32.0 Å². The van der Waals surface area contributed by atoms with Crippen LogP contribution in [-0.4, -0.2) is 18.5 Å². The highest BCUT2D eigenvalue weighted by molar-refractivity contribution is 5.89. The van der Waals surface area contributed by atoms with Crippen molar-refractivity contribution in [2.75, 3.05) is 7.11 Å². The first-order valence-electron chi connectivity index (χ1n) is 7.42. The Morgan fingerprint density at radius 1 is 1.23 bits per heavy atom. The van der Waals surface area contributed by atoms with Crippen molar-refractivity contribution >= 4 is 6.29 Å². The summed E-state index contributed by atoms with van der Waals surface area (Å²) in [6, 6.07) is 9.31. The molecule has 2 aromatic rings. The van der Waals surface area contributed by atoms with Crippen molar-refractivity contribution in [1.82, 2.24) is 0 Å². The Hall–Kier alpha value is -2.29. The number of ether oxygens (including phenoxy) is 1. The van der Waals surface area contributed by atoms with E-state index in [4.69, 9.17) is 4.74 Å². The number of aryl methyl sites for hydroxylation is 1. The zero-order valence-corrected chi connectivity index (χ0v) is 13.5. The van der Waals surface area contributed by atoms with Crippen LogP contribution in [-0.2, 0) is 6.42 Å². The fourth-order valence-corrected chi connectivity index (χ4v) is 2.63. The molecule has 0 heterocycles. The summed E-state index contributed by atoms with van der Waals surface area (Å²) in [5, 5.41) is 9.97. The lowest BCUT2D eigenvalue weighted by Crippen LogP contribution is -1.98. The minimum absolute atomic E-state index is 0.0343. The zero-order chi connectivity index (χ0) is 16.3. The van der Waals surface area contributed by atoms with Crippen LogP contribution in [0.25, 0.3) is 11.1 Å². The van der Waals surface area contributed by atoms with Gasteiger partial charge in [0.15, 0.2) is 17.8 Å². The molecule has 3 nitrogen and oxygen atoms in total. The van der Waals surface area contributed by atoms with Gasteiger partial charge in [0.05, 0.1) is 7.11 Å². The molecule has 0 aliphatic heterocycles. The second-order valence-corrected chi connectivity index (χ2v) is 5.97. The van der Waals surface area contributed by atoms with Gasteiger partial charge in [-0.05, 0) is 53.6 Å². The molecule has 0 saturated heterocycles. The summed E-state index contributed by atoms with van der Waals surface area (Å²) in [5.74, 6) is 0.936. The lowest BCUT2D eigenvalue weighted by atomic mass is 9.93. The van der Waals surface area contributed by atoms with Crippen LogP contribution >= 0.6 is 0 Å². The molecular weight excluding hydrogens is 276 g/mol. The molecule has 3 heteroatoms. The SMILES string of the molecule is COc1cc(C=O)c(-c2ccc(CC(C)C)c(C)c2)cc1O. The van der Waals surface area contributed by atoms with Crippen molar-refractivity contribution in [3.63, 3.8) is 0 Å². The van der Waals surface area contributed by atoms with Crippen molar-refractivity contribution in [3.05, 3.63) is 47.0 Å². The highest BCUT2D eigenvalue weighted by Gasteiger charge is 2.12. The number of aldehydes is 1. The summed E-state index contributed by atoms with van der Waals surface area (Å²) >= 11 is 0.